The van der Waals surface area contributed by atoms with Crippen LogP contribution >= 0.6 is 0 Å². The Morgan fingerprint density at radius 1 is 0.897 bits per heavy atom. The van der Waals surface area contributed by atoms with Crippen molar-refractivity contribution in [3.05, 3.63) is 71.3 Å². The Morgan fingerprint density at radius 2 is 1.45 bits per heavy atom. The number of nitrogens with zero attached hydrogens (tertiary/aromatic N) is 1. The smallest absolute Gasteiger partial charge is 0.262 e. The first-order valence-corrected chi connectivity index (χ1v) is 10.2. The molecule has 152 valence electrons. The van der Waals surface area contributed by atoms with Crippen LogP contribution in [0.3, 0.4) is 0 Å². The van der Waals surface area contributed by atoms with Crippen LogP contribution in [-0.4, -0.2) is 34.7 Å². The molecular weight excluding hydrogens is 364 g/mol. The first-order chi connectivity index (χ1) is 13.9. The molecule has 0 fully saturated rings. The highest BCUT2D eigenvalue weighted by Gasteiger charge is 2.42. The van der Waals surface area contributed by atoms with Crippen molar-refractivity contribution >= 4 is 17.7 Å². The summed E-state index contributed by atoms with van der Waals surface area (Å²) in [7, 11) is 0. The minimum Gasteiger partial charge on any atom is -0.352 e. The fourth-order valence-corrected chi connectivity index (χ4v) is 3.71. The van der Waals surface area contributed by atoms with Gasteiger partial charge >= 0.3 is 0 Å². The van der Waals surface area contributed by atoms with E-state index in [0.29, 0.717) is 17.5 Å². The van der Waals surface area contributed by atoms with E-state index >= 15 is 0 Å². The molecule has 2 unspecified atom stereocenters. The number of aryl methyl sites for hydroxylation is 1. The van der Waals surface area contributed by atoms with E-state index in [1.807, 2.05) is 39.0 Å². The van der Waals surface area contributed by atoms with Crippen LogP contribution in [0.2, 0.25) is 0 Å². The SMILES string of the molecule is CC(C)CC(C(=O)NC(C)CCc1ccccc1)N1C(=O)c2ccccc2C1=O. The van der Waals surface area contributed by atoms with Crippen molar-refractivity contribution in [2.75, 3.05) is 0 Å². The van der Waals surface area contributed by atoms with Gasteiger partial charge in [-0.2, -0.15) is 0 Å². The Balaban J connectivity index is 1.71. The number of amides is 3. The Labute approximate surface area is 172 Å². The molecule has 0 radical (unpaired) electrons. The third kappa shape index (κ3) is 4.73. The number of nitrogens with one attached hydrogen (secondary N) is 1. The Bertz CT molecular complexity index is 857. The monoisotopic (exact) mass is 392 g/mol. The summed E-state index contributed by atoms with van der Waals surface area (Å²) in [6.07, 6.45) is 2.07. The molecule has 1 heterocycles. The van der Waals surface area contributed by atoms with Crippen molar-refractivity contribution in [3.63, 3.8) is 0 Å². The molecule has 1 aliphatic heterocycles. The maximum atomic E-state index is 13.1. The fourth-order valence-electron chi connectivity index (χ4n) is 3.71. The van der Waals surface area contributed by atoms with E-state index < -0.39 is 6.04 Å². The highest BCUT2D eigenvalue weighted by molar-refractivity contribution is 6.22. The van der Waals surface area contributed by atoms with Gasteiger partial charge in [0, 0.05) is 6.04 Å². The minimum absolute atomic E-state index is 0.0625. The summed E-state index contributed by atoms with van der Waals surface area (Å²) < 4.78 is 0. The minimum atomic E-state index is -0.804. The molecule has 5 heteroatoms. The van der Waals surface area contributed by atoms with Crippen molar-refractivity contribution in [2.24, 2.45) is 5.92 Å². The zero-order valence-electron chi connectivity index (χ0n) is 17.2. The lowest BCUT2D eigenvalue weighted by molar-refractivity contribution is -0.126. The van der Waals surface area contributed by atoms with Crippen LogP contribution in [0.5, 0.6) is 0 Å². The number of carbonyl (C=O) groups is 3. The summed E-state index contributed by atoms with van der Waals surface area (Å²) in [4.78, 5) is 39.9. The maximum Gasteiger partial charge on any atom is 0.262 e. The molecule has 0 saturated carbocycles. The quantitative estimate of drug-likeness (QED) is 0.694. The largest absolute Gasteiger partial charge is 0.352 e. The number of imide groups is 1. The van der Waals surface area contributed by atoms with E-state index in [9.17, 15) is 14.4 Å². The number of benzene rings is 2. The molecule has 2 aromatic rings. The second-order valence-electron chi connectivity index (χ2n) is 8.11. The normalized spacial score (nSPS) is 15.4. The van der Waals surface area contributed by atoms with E-state index in [2.05, 4.69) is 17.4 Å². The lowest BCUT2D eigenvalue weighted by Gasteiger charge is -2.28. The predicted octanol–water partition coefficient (Wildman–Crippen LogP) is 3.83. The summed E-state index contributed by atoms with van der Waals surface area (Å²) in [5, 5.41) is 3.02. The molecule has 0 bridgehead atoms. The molecule has 2 atom stereocenters. The topological polar surface area (TPSA) is 66.5 Å². The molecule has 1 aliphatic rings. The third-order valence-corrected chi connectivity index (χ3v) is 5.23. The Kier molecular flexibility index (Phi) is 6.47. The molecule has 0 aromatic heterocycles. The molecule has 0 aliphatic carbocycles. The maximum absolute atomic E-state index is 13.1. The first kappa shape index (κ1) is 20.8. The van der Waals surface area contributed by atoms with Crippen LogP contribution in [0.15, 0.2) is 54.6 Å². The molecule has 0 saturated heterocycles. The highest BCUT2D eigenvalue weighted by atomic mass is 16.2. The standard InChI is InChI=1S/C24H28N2O3/c1-16(2)15-21(26-23(28)19-11-7-8-12-20(19)24(26)29)22(27)25-17(3)13-14-18-9-5-4-6-10-18/h4-12,16-17,21H,13-15H2,1-3H3,(H,25,27). The third-order valence-electron chi connectivity index (χ3n) is 5.23. The molecule has 3 amide bonds. The van der Waals surface area contributed by atoms with Gasteiger partial charge in [0.05, 0.1) is 11.1 Å². The Hall–Kier alpha value is -2.95. The van der Waals surface area contributed by atoms with Gasteiger partial charge in [-0.1, -0.05) is 56.3 Å². The van der Waals surface area contributed by atoms with Crippen LogP contribution in [0.1, 0.15) is 59.9 Å². The van der Waals surface area contributed by atoms with Crippen LogP contribution in [0.4, 0.5) is 0 Å². The van der Waals surface area contributed by atoms with Gasteiger partial charge in [0.1, 0.15) is 6.04 Å². The molecule has 2 aromatic carbocycles. The summed E-state index contributed by atoms with van der Waals surface area (Å²) in [5.74, 6) is -0.880. The van der Waals surface area contributed by atoms with Gasteiger partial charge in [-0.3, -0.25) is 19.3 Å². The second kappa shape index (κ2) is 9.03. The van der Waals surface area contributed by atoms with Crippen LogP contribution < -0.4 is 5.32 Å². The average molecular weight is 392 g/mol. The van der Waals surface area contributed by atoms with Crippen molar-refractivity contribution < 1.29 is 14.4 Å². The molecular formula is C24H28N2O3. The van der Waals surface area contributed by atoms with Gasteiger partial charge in [0.15, 0.2) is 0 Å². The van der Waals surface area contributed by atoms with Crippen LogP contribution in [0.25, 0.3) is 0 Å². The number of fused-ring (bicyclic) bond motifs is 1. The van der Waals surface area contributed by atoms with Crippen molar-refractivity contribution in [1.29, 1.82) is 0 Å². The van der Waals surface area contributed by atoms with E-state index in [1.54, 1.807) is 24.3 Å². The first-order valence-electron chi connectivity index (χ1n) is 10.2. The lowest BCUT2D eigenvalue weighted by atomic mass is 10.0. The van der Waals surface area contributed by atoms with Gasteiger partial charge in [0.2, 0.25) is 5.91 Å². The molecule has 1 N–H and O–H groups in total. The van der Waals surface area contributed by atoms with Gasteiger partial charge in [0.25, 0.3) is 11.8 Å². The number of rotatable bonds is 8. The van der Waals surface area contributed by atoms with Gasteiger partial charge in [-0.05, 0) is 49.8 Å². The summed E-state index contributed by atoms with van der Waals surface area (Å²) in [5.41, 5.74) is 1.96. The average Bonchev–Trinajstić information content (AvgIpc) is 2.96. The fraction of sp³-hybridized carbons (Fsp3) is 0.375. The number of hydrogen-bond acceptors (Lipinski definition) is 3. The van der Waals surface area contributed by atoms with E-state index in [-0.39, 0.29) is 29.7 Å². The van der Waals surface area contributed by atoms with Gasteiger partial charge < -0.3 is 5.32 Å². The van der Waals surface area contributed by atoms with E-state index in [0.717, 1.165) is 17.7 Å². The van der Waals surface area contributed by atoms with Crippen molar-refractivity contribution in [2.45, 2.75) is 52.1 Å². The zero-order valence-corrected chi connectivity index (χ0v) is 17.2. The molecule has 29 heavy (non-hydrogen) atoms. The highest BCUT2D eigenvalue weighted by Crippen LogP contribution is 2.27. The molecule has 3 rings (SSSR count). The second-order valence-corrected chi connectivity index (χ2v) is 8.11. The Morgan fingerprint density at radius 3 is 2.00 bits per heavy atom. The van der Waals surface area contributed by atoms with Crippen LogP contribution in [-0.2, 0) is 11.2 Å². The number of carbonyl (C=O) groups excluding carboxylic acids is 3. The number of hydrogen-bond donors (Lipinski definition) is 1. The molecule has 0 spiro atoms. The van der Waals surface area contributed by atoms with Gasteiger partial charge in [-0.25, -0.2) is 0 Å². The zero-order chi connectivity index (χ0) is 21.0. The summed E-state index contributed by atoms with van der Waals surface area (Å²) >= 11 is 0. The van der Waals surface area contributed by atoms with Crippen molar-refractivity contribution in [1.82, 2.24) is 10.2 Å². The van der Waals surface area contributed by atoms with Crippen LogP contribution in [0, 0.1) is 5.92 Å². The summed E-state index contributed by atoms with van der Waals surface area (Å²) in [6.45, 7) is 5.92. The summed E-state index contributed by atoms with van der Waals surface area (Å²) in [6, 6.07) is 16.0. The van der Waals surface area contributed by atoms with E-state index in [4.69, 9.17) is 0 Å². The molecule has 5 nitrogen and oxygen atoms in total. The lowest BCUT2D eigenvalue weighted by Crippen LogP contribution is -2.52. The predicted molar refractivity (Wildman–Crippen MR) is 113 cm³/mol. The van der Waals surface area contributed by atoms with Crippen molar-refractivity contribution in [3.8, 4) is 0 Å². The van der Waals surface area contributed by atoms with Gasteiger partial charge in [-0.15, -0.1) is 0 Å². The van der Waals surface area contributed by atoms with E-state index in [1.165, 1.54) is 5.56 Å².